The molecular weight excluding hydrogens is 410 g/mol. The Kier molecular flexibility index (Phi) is 5.01. The molecule has 1 N–H and O–H groups in total. The van der Waals surface area contributed by atoms with E-state index >= 15 is 0 Å². The van der Waals surface area contributed by atoms with Crippen LogP contribution in [0.25, 0.3) is 10.2 Å². The molecule has 7 heteroatoms. The number of nitrogens with one attached hydrogen (secondary N) is 1. The summed E-state index contributed by atoms with van der Waals surface area (Å²) in [6, 6.07) is 11.9. The normalized spacial score (nSPS) is 21.5. The monoisotopic (exact) mass is 437 g/mol. The fraction of sp³-hybridized carbons (Fsp3) is 0.417. The third kappa shape index (κ3) is 3.41. The first-order chi connectivity index (χ1) is 15.0. The number of methoxy groups -OCH3 is 1. The van der Waals surface area contributed by atoms with Gasteiger partial charge >= 0.3 is 0 Å². The molecule has 6 nitrogen and oxygen atoms in total. The van der Waals surface area contributed by atoms with Crippen molar-refractivity contribution in [1.82, 2.24) is 14.8 Å². The molecule has 162 valence electrons. The van der Waals surface area contributed by atoms with Crippen LogP contribution in [0.15, 0.2) is 41.8 Å². The van der Waals surface area contributed by atoms with Gasteiger partial charge in [-0.3, -0.25) is 9.59 Å². The molecule has 2 aliphatic rings. The number of hydrogen-bond donors (Lipinski definition) is 1. The third-order valence-corrected chi connectivity index (χ3v) is 7.66. The molecule has 0 unspecified atom stereocenters. The van der Waals surface area contributed by atoms with Crippen molar-refractivity contribution in [2.45, 2.75) is 57.3 Å². The molecule has 0 bridgehead atoms. The number of aromatic nitrogens is 1. The van der Waals surface area contributed by atoms with Crippen molar-refractivity contribution < 1.29 is 14.3 Å². The van der Waals surface area contributed by atoms with Gasteiger partial charge in [0, 0.05) is 18.0 Å². The van der Waals surface area contributed by atoms with Crippen LogP contribution >= 0.6 is 11.3 Å². The molecule has 31 heavy (non-hydrogen) atoms. The van der Waals surface area contributed by atoms with Crippen molar-refractivity contribution in [3.8, 4) is 5.75 Å². The minimum atomic E-state index is -0.970. The number of carbonyl (C=O) groups is 2. The molecule has 3 heterocycles. The van der Waals surface area contributed by atoms with Crippen molar-refractivity contribution >= 4 is 33.4 Å². The van der Waals surface area contributed by atoms with Gasteiger partial charge in [-0.05, 0) is 55.0 Å². The Morgan fingerprint density at radius 2 is 1.97 bits per heavy atom. The van der Waals surface area contributed by atoms with Crippen LogP contribution in [0.4, 0.5) is 0 Å². The fourth-order valence-corrected chi connectivity index (χ4v) is 5.73. The van der Waals surface area contributed by atoms with Crippen molar-refractivity contribution in [2.75, 3.05) is 7.11 Å². The molecule has 3 aromatic rings. The predicted molar refractivity (Wildman–Crippen MR) is 121 cm³/mol. The van der Waals surface area contributed by atoms with Gasteiger partial charge in [0.1, 0.15) is 21.8 Å². The van der Waals surface area contributed by atoms with E-state index in [2.05, 4.69) is 5.32 Å². The summed E-state index contributed by atoms with van der Waals surface area (Å²) >= 11 is 1.61. The van der Waals surface area contributed by atoms with Crippen molar-refractivity contribution in [3.63, 3.8) is 0 Å². The van der Waals surface area contributed by atoms with Gasteiger partial charge in [0.25, 0.3) is 5.91 Å². The smallest absolute Gasteiger partial charge is 0.271 e. The molecular formula is C24H27N3O3S. The van der Waals surface area contributed by atoms with E-state index in [1.165, 1.54) is 0 Å². The summed E-state index contributed by atoms with van der Waals surface area (Å²) in [4.78, 5) is 30.1. The van der Waals surface area contributed by atoms with Gasteiger partial charge in [0.05, 0.1) is 13.7 Å². The summed E-state index contributed by atoms with van der Waals surface area (Å²) in [7, 11) is 1.63. The van der Waals surface area contributed by atoms with Crippen LogP contribution in [0.5, 0.6) is 5.75 Å². The number of hydrogen-bond acceptors (Lipinski definition) is 4. The highest BCUT2D eigenvalue weighted by atomic mass is 32.1. The van der Waals surface area contributed by atoms with E-state index in [1.54, 1.807) is 23.3 Å². The largest absolute Gasteiger partial charge is 0.497 e. The van der Waals surface area contributed by atoms with Crippen LogP contribution in [-0.4, -0.2) is 40.0 Å². The molecule has 1 saturated carbocycles. The van der Waals surface area contributed by atoms with E-state index in [1.807, 2.05) is 53.3 Å². The van der Waals surface area contributed by atoms with E-state index in [0.717, 1.165) is 47.2 Å². The minimum absolute atomic E-state index is 0.0645. The zero-order valence-electron chi connectivity index (χ0n) is 17.9. The van der Waals surface area contributed by atoms with Crippen LogP contribution in [0, 0.1) is 0 Å². The average molecular weight is 438 g/mol. The second-order valence-electron chi connectivity index (χ2n) is 8.76. The topological polar surface area (TPSA) is 63.6 Å². The number of nitrogens with zero attached hydrogens (tertiary/aromatic N) is 2. The van der Waals surface area contributed by atoms with Crippen LogP contribution < -0.4 is 10.1 Å². The lowest BCUT2D eigenvalue weighted by Crippen LogP contribution is -2.64. The molecule has 1 fully saturated rings. The van der Waals surface area contributed by atoms with Gasteiger partial charge in [-0.2, -0.15) is 0 Å². The first kappa shape index (κ1) is 20.1. The highest BCUT2D eigenvalue weighted by Crippen LogP contribution is 2.36. The molecule has 1 aliphatic heterocycles. The van der Waals surface area contributed by atoms with E-state index in [-0.39, 0.29) is 17.9 Å². The Balaban J connectivity index is 1.53. The Bertz CT molecular complexity index is 1130. The van der Waals surface area contributed by atoms with Gasteiger partial charge in [-0.1, -0.05) is 25.0 Å². The van der Waals surface area contributed by atoms with Gasteiger partial charge in [0.15, 0.2) is 0 Å². The number of thiophene rings is 1. The van der Waals surface area contributed by atoms with Gasteiger partial charge in [-0.25, -0.2) is 0 Å². The number of benzene rings is 1. The lowest BCUT2D eigenvalue weighted by Gasteiger charge is -2.44. The van der Waals surface area contributed by atoms with Crippen molar-refractivity contribution in [3.05, 3.63) is 53.0 Å². The Morgan fingerprint density at radius 1 is 1.23 bits per heavy atom. The standard InChI is InChI=1S/C24H27N3O3S/c1-24(23(29)25-18-5-3-4-6-18)15-26-20(13-17-11-12-31-22(17)26)21(28)27(24)14-16-7-9-19(30-2)10-8-16/h7-13,18H,3-6,14-15H2,1-2H3,(H,25,29)/t24-/m0/s1. The average Bonchev–Trinajstić information content (AvgIpc) is 3.50. The summed E-state index contributed by atoms with van der Waals surface area (Å²) in [5, 5.41) is 6.33. The number of amides is 2. The van der Waals surface area contributed by atoms with Crippen LogP contribution in [0.3, 0.4) is 0 Å². The predicted octanol–water partition coefficient (Wildman–Crippen LogP) is 4.18. The van der Waals surface area contributed by atoms with E-state index in [4.69, 9.17) is 4.74 Å². The van der Waals surface area contributed by atoms with Gasteiger partial charge in [-0.15, -0.1) is 11.3 Å². The molecule has 1 aromatic carbocycles. The van der Waals surface area contributed by atoms with Gasteiger partial charge in [0.2, 0.25) is 5.91 Å². The maximum Gasteiger partial charge on any atom is 0.271 e. The number of ether oxygens (including phenoxy) is 1. The minimum Gasteiger partial charge on any atom is -0.497 e. The fourth-order valence-electron chi connectivity index (χ4n) is 4.83. The molecule has 0 saturated heterocycles. The van der Waals surface area contributed by atoms with Crippen LogP contribution in [0.1, 0.15) is 48.7 Å². The molecule has 2 aromatic heterocycles. The van der Waals surface area contributed by atoms with Crippen LogP contribution in [-0.2, 0) is 17.9 Å². The third-order valence-electron chi connectivity index (χ3n) is 6.71. The summed E-state index contributed by atoms with van der Waals surface area (Å²) in [5.41, 5.74) is 0.653. The molecule has 1 aliphatic carbocycles. The maximum absolute atomic E-state index is 13.7. The second kappa shape index (κ2) is 7.71. The molecule has 2 amide bonds. The lowest BCUT2D eigenvalue weighted by molar-refractivity contribution is -0.133. The van der Waals surface area contributed by atoms with Crippen LogP contribution in [0.2, 0.25) is 0 Å². The quantitative estimate of drug-likeness (QED) is 0.651. The van der Waals surface area contributed by atoms with E-state index in [0.29, 0.717) is 18.8 Å². The summed E-state index contributed by atoms with van der Waals surface area (Å²) < 4.78 is 7.29. The molecule has 0 radical (unpaired) electrons. The number of fused-ring (bicyclic) bond motifs is 3. The zero-order chi connectivity index (χ0) is 21.6. The summed E-state index contributed by atoms with van der Waals surface area (Å²) in [6.07, 6.45) is 4.32. The molecule has 0 spiro atoms. The lowest BCUT2D eigenvalue weighted by atomic mass is 9.93. The first-order valence-electron chi connectivity index (χ1n) is 10.8. The second-order valence-corrected chi connectivity index (χ2v) is 9.66. The van der Waals surface area contributed by atoms with Crippen molar-refractivity contribution in [2.24, 2.45) is 0 Å². The SMILES string of the molecule is COc1ccc(CN2C(=O)c3cc4ccsc4n3C[C@@]2(C)C(=O)NC2CCCC2)cc1. The highest BCUT2D eigenvalue weighted by Gasteiger charge is 2.48. The number of rotatable bonds is 5. The molecule has 1 atom stereocenters. The Hall–Kier alpha value is -2.80. The van der Waals surface area contributed by atoms with Gasteiger partial charge < -0.3 is 19.5 Å². The Morgan fingerprint density at radius 3 is 2.68 bits per heavy atom. The number of carbonyl (C=O) groups excluding carboxylic acids is 2. The highest BCUT2D eigenvalue weighted by molar-refractivity contribution is 7.16. The summed E-state index contributed by atoms with van der Waals surface area (Å²) in [6.45, 7) is 2.73. The van der Waals surface area contributed by atoms with Crippen molar-refractivity contribution in [1.29, 1.82) is 0 Å². The van der Waals surface area contributed by atoms with E-state index < -0.39 is 5.54 Å². The molecule has 5 rings (SSSR count). The van der Waals surface area contributed by atoms with E-state index in [9.17, 15) is 9.59 Å². The first-order valence-corrected chi connectivity index (χ1v) is 11.7. The summed E-state index contributed by atoms with van der Waals surface area (Å²) in [5.74, 6) is 0.601. The Labute approximate surface area is 185 Å². The zero-order valence-corrected chi connectivity index (χ0v) is 18.7. The maximum atomic E-state index is 13.7.